The lowest BCUT2D eigenvalue weighted by atomic mass is 9.91. The predicted octanol–water partition coefficient (Wildman–Crippen LogP) is 2.74. The van der Waals surface area contributed by atoms with E-state index in [0.717, 1.165) is 32.0 Å². The van der Waals surface area contributed by atoms with Gasteiger partial charge in [0.25, 0.3) is 0 Å². The number of ether oxygens (including phenoxy) is 1. The number of benzene rings is 1. The number of phenolic OH excluding ortho intramolecular Hbond substituents is 1. The monoisotopic (exact) mass is 273 g/mol. The van der Waals surface area contributed by atoms with Crippen LogP contribution in [0.25, 0.3) is 0 Å². The molecule has 0 aliphatic carbocycles. The second-order valence-corrected chi connectivity index (χ2v) is 5.00. The van der Waals surface area contributed by atoms with E-state index in [-0.39, 0.29) is 16.5 Å². The lowest BCUT2D eigenvalue weighted by molar-refractivity contribution is 0.348. The topological polar surface area (TPSA) is 41.5 Å². The van der Waals surface area contributed by atoms with Gasteiger partial charge in [-0.2, -0.15) is 0 Å². The zero-order valence-corrected chi connectivity index (χ0v) is 11.1. The Bertz CT molecular complexity index is 433. The van der Waals surface area contributed by atoms with Crippen LogP contribution in [0.4, 0.5) is 4.39 Å². The van der Waals surface area contributed by atoms with Crippen LogP contribution in [0, 0.1) is 11.7 Å². The molecule has 1 heterocycles. The lowest BCUT2D eigenvalue weighted by Gasteiger charge is -2.24. The van der Waals surface area contributed by atoms with Gasteiger partial charge in [-0.25, -0.2) is 4.39 Å². The van der Waals surface area contributed by atoms with Crippen LogP contribution < -0.4 is 10.1 Å². The van der Waals surface area contributed by atoms with Crippen molar-refractivity contribution in [2.45, 2.75) is 19.3 Å². The van der Waals surface area contributed by atoms with Crippen LogP contribution in [-0.4, -0.2) is 25.3 Å². The number of hydrogen-bond acceptors (Lipinski definition) is 3. The first kappa shape index (κ1) is 13.4. The predicted molar refractivity (Wildman–Crippen MR) is 68.9 cm³/mol. The summed E-state index contributed by atoms with van der Waals surface area (Å²) in [5.74, 6) is -0.120. The molecule has 0 bridgehead atoms. The molecule has 0 radical (unpaired) electrons. The Hall–Kier alpha value is -1.00. The van der Waals surface area contributed by atoms with Gasteiger partial charge in [-0.05, 0) is 38.3 Å². The van der Waals surface area contributed by atoms with Crippen molar-refractivity contribution in [2.24, 2.45) is 5.92 Å². The summed E-state index contributed by atoms with van der Waals surface area (Å²) in [4.78, 5) is 0. The van der Waals surface area contributed by atoms with Crippen LogP contribution in [0.15, 0.2) is 6.07 Å². The summed E-state index contributed by atoms with van der Waals surface area (Å²) < 4.78 is 18.7. The molecule has 1 saturated heterocycles. The van der Waals surface area contributed by atoms with Gasteiger partial charge in [0.2, 0.25) is 0 Å². The van der Waals surface area contributed by atoms with Crippen LogP contribution in [0.5, 0.6) is 11.5 Å². The van der Waals surface area contributed by atoms with Crippen molar-refractivity contribution < 1.29 is 14.2 Å². The first-order chi connectivity index (χ1) is 8.63. The average Bonchev–Trinajstić information content (AvgIpc) is 2.37. The molecule has 1 aromatic carbocycles. The van der Waals surface area contributed by atoms with Crippen molar-refractivity contribution in [2.75, 3.05) is 20.2 Å². The summed E-state index contributed by atoms with van der Waals surface area (Å²) in [6, 6.07) is 0.990. The molecule has 0 saturated carbocycles. The summed E-state index contributed by atoms with van der Waals surface area (Å²) in [6.45, 7) is 1.91. The lowest BCUT2D eigenvalue weighted by Crippen LogP contribution is -2.31. The summed E-state index contributed by atoms with van der Waals surface area (Å²) in [5.41, 5.74) is 0.561. The molecule has 2 N–H and O–H groups in total. The molecule has 5 heteroatoms. The Balaban J connectivity index is 2.29. The van der Waals surface area contributed by atoms with Crippen LogP contribution >= 0.6 is 11.6 Å². The minimum atomic E-state index is -0.603. The van der Waals surface area contributed by atoms with Gasteiger partial charge in [-0.3, -0.25) is 0 Å². The van der Waals surface area contributed by atoms with Crippen LogP contribution in [0.1, 0.15) is 18.4 Å². The van der Waals surface area contributed by atoms with Crippen molar-refractivity contribution in [3.63, 3.8) is 0 Å². The Morgan fingerprint density at radius 2 is 2.39 bits per heavy atom. The fourth-order valence-corrected chi connectivity index (χ4v) is 2.66. The molecule has 0 amide bonds. The van der Waals surface area contributed by atoms with Gasteiger partial charge >= 0.3 is 0 Å². The third kappa shape index (κ3) is 2.70. The van der Waals surface area contributed by atoms with Crippen molar-refractivity contribution in [3.8, 4) is 11.5 Å². The number of aromatic hydroxyl groups is 1. The van der Waals surface area contributed by atoms with Crippen molar-refractivity contribution in [1.29, 1.82) is 0 Å². The van der Waals surface area contributed by atoms with Gasteiger partial charge in [0, 0.05) is 11.6 Å². The molecule has 1 fully saturated rings. The molecule has 100 valence electrons. The molecule has 1 aliphatic heterocycles. The van der Waals surface area contributed by atoms with Gasteiger partial charge in [-0.15, -0.1) is 0 Å². The molecule has 1 aromatic rings. The van der Waals surface area contributed by atoms with Gasteiger partial charge in [0.15, 0.2) is 11.5 Å². The van der Waals surface area contributed by atoms with Crippen molar-refractivity contribution >= 4 is 11.6 Å². The minimum absolute atomic E-state index is 0.0511. The molecule has 0 aromatic heterocycles. The van der Waals surface area contributed by atoms with E-state index < -0.39 is 5.82 Å². The van der Waals surface area contributed by atoms with E-state index in [9.17, 15) is 9.50 Å². The molecular formula is C13H17ClFNO2. The second kappa shape index (κ2) is 5.76. The zero-order chi connectivity index (χ0) is 13.1. The van der Waals surface area contributed by atoms with Crippen LogP contribution in [0.3, 0.4) is 0 Å². The van der Waals surface area contributed by atoms with E-state index in [2.05, 4.69) is 5.32 Å². The maximum atomic E-state index is 13.5. The maximum absolute atomic E-state index is 13.5. The molecule has 1 aliphatic rings. The number of piperidine rings is 1. The maximum Gasteiger partial charge on any atom is 0.165 e. The molecule has 3 nitrogen and oxygen atoms in total. The van der Waals surface area contributed by atoms with Crippen molar-refractivity contribution in [1.82, 2.24) is 5.32 Å². The van der Waals surface area contributed by atoms with E-state index in [1.54, 1.807) is 0 Å². The Morgan fingerprint density at radius 3 is 3.00 bits per heavy atom. The molecule has 1 atom stereocenters. The molecular weight excluding hydrogens is 257 g/mol. The molecule has 0 spiro atoms. The Labute approximate surface area is 111 Å². The highest BCUT2D eigenvalue weighted by Gasteiger charge is 2.22. The van der Waals surface area contributed by atoms with Gasteiger partial charge in [0.05, 0.1) is 12.1 Å². The third-order valence-corrected chi connectivity index (χ3v) is 3.75. The molecule has 1 unspecified atom stereocenters. The second-order valence-electron chi connectivity index (χ2n) is 4.62. The summed E-state index contributed by atoms with van der Waals surface area (Å²) in [6.07, 6.45) is 2.79. The SMILES string of the molecule is COc1c(O)cc(F)c(Cl)c1CC1CCCNC1. The number of hydrogen-bond donors (Lipinski definition) is 2. The summed E-state index contributed by atoms with van der Waals surface area (Å²) in [7, 11) is 1.45. The average molecular weight is 274 g/mol. The van der Waals surface area contributed by atoms with Crippen molar-refractivity contribution in [3.05, 3.63) is 22.5 Å². The van der Waals surface area contributed by atoms with Gasteiger partial charge in [0.1, 0.15) is 5.82 Å². The van der Waals surface area contributed by atoms with Gasteiger partial charge < -0.3 is 15.2 Å². The zero-order valence-electron chi connectivity index (χ0n) is 10.3. The number of rotatable bonds is 3. The highest BCUT2D eigenvalue weighted by molar-refractivity contribution is 6.31. The number of nitrogens with one attached hydrogen (secondary N) is 1. The fraction of sp³-hybridized carbons (Fsp3) is 0.538. The van der Waals surface area contributed by atoms with E-state index >= 15 is 0 Å². The number of methoxy groups -OCH3 is 1. The first-order valence-corrected chi connectivity index (χ1v) is 6.45. The highest BCUT2D eigenvalue weighted by Crippen LogP contribution is 2.39. The minimum Gasteiger partial charge on any atom is -0.504 e. The fourth-order valence-electron chi connectivity index (χ4n) is 2.44. The summed E-state index contributed by atoms with van der Waals surface area (Å²) in [5, 5.41) is 13.0. The smallest absolute Gasteiger partial charge is 0.165 e. The van der Waals surface area contributed by atoms with Crippen LogP contribution in [-0.2, 0) is 6.42 Å². The van der Waals surface area contributed by atoms with Gasteiger partial charge in [-0.1, -0.05) is 11.6 Å². The normalized spacial score (nSPS) is 19.8. The first-order valence-electron chi connectivity index (χ1n) is 6.08. The van der Waals surface area contributed by atoms with E-state index in [4.69, 9.17) is 16.3 Å². The van der Waals surface area contributed by atoms with E-state index in [1.807, 2.05) is 0 Å². The Morgan fingerprint density at radius 1 is 1.61 bits per heavy atom. The summed E-state index contributed by atoms with van der Waals surface area (Å²) >= 11 is 5.98. The van der Waals surface area contributed by atoms with E-state index in [1.165, 1.54) is 7.11 Å². The van der Waals surface area contributed by atoms with Crippen LogP contribution in [0.2, 0.25) is 5.02 Å². The standard InChI is InChI=1S/C13H17ClFNO2/c1-18-13-9(5-8-3-2-4-16-7-8)12(14)10(15)6-11(13)17/h6,8,16-17H,2-5,7H2,1H3. The number of halogens is 2. The third-order valence-electron chi connectivity index (χ3n) is 3.34. The largest absolute Gasteiger partial charge is 0.504 e. The Kier molecular flexibility index (Phi) is 4.30. The quantitative estimate of drug-likeness (QED) is 0.890. The highest BCUT2D eigenvalue weighted by atomic mass is 35.5. The molecule has 18 heavy (non-hydrogen) atoms. The van der Waals surface area contributed by atoms with E-state index in [0.29, 0.717) is 17.9 Å². The number of phenols is 1. The molecule has 2 rings (SSSR count).